The fourth-order valence-corrected chi connectivity index (χ4v) is 4.06. The molecule has 1 nitrogen and oxygen atoms in total. The lowest BCUT2D eigenvalue weighted by atomic mass is 10.0. The molecule has 4 heteroatoms. The van der Waals surface area contributed by atoms with E-state index in [4.69, 9.17) is 11.6 Å². The molecule has 1 aromatic heterocycles. The molecule has 0 radical (unpaired) electrons. The van der Waals surface area contributed by atoms with Crippen LogP contribution in [0.1, 0.15) is 17.7 Å². The third kappa shape index (κ3) is 3.99. The summed E-state index contributed by atoms with van der Waals surface area (Å²) in [6, 6.07) is 4.08. The average Bonchev–Trinajstić information content (AvgIpc) is 2.66. The monoisotopic (exact) mass is 261 g/mol. The maximum atomic E-state index is 5.88. The summed E-state index contributed by atoms with van der Waals surface area (Å²) in [5, 5.41) is 3.53. The minimum atomic E-state index is 0.890. The van der Waals surface area contributed by atoms with Gasteiger partial charge in [0.15, 0.2) is 0 Å². The predicted molar refractivity (Wildman–Crippen MR) is 71.1 cm³/mol. The Morgan fingerprint density at radius 3 is 2.80 bits per heavy atom. The van der Waals surface area contributed by atoms with Crippen LogP contribution in [0.25, 0.3) is 0 Å². The van der Waals surface area contributed by atoms with Crippen LogP contribution in [0.4, 0.5) is 0 Å². The SMILES string of the molecule is Clc1ccc(CNCC2CCSCC2)s1. The van der Waals surface area contributed by atoms with Crippen LogP contribution >= 0.6 is 34.7 Å². The molecule has 1 saturated heterocycles. The molecule has 0 spiro atoms. The van der Waals surface area contributed by atoms with Crippen molar-refractivity contribution in [1.82, 2.24) is 5.32 Å². The number of halogens is 1. The summed E-state index contributed by atoms with van der Waals surface area (Å²) in [5.74, 6) is 3.58. The molecule has 0 unspecified atom stereocenters. The molecular weight excluding hydrogens is 246 g/mol. The van der Waals surface area contributed by atoms with Gasteiger partial charge in [-0.3, -0.25) is 0 Å². The van der Waals surface area contributed by atoms with Crippen molar-refractivity contribution >= 4 is 34.7 Å². The van der Waals surface area contributed by atoms with Gasteiger partial charge in [-0.15, -0.1) is 11.3 Å². The van der Waals surface area contributed by atoms with E-state index in [0.717, 1.165) is 23.3 Å². The summed E-state index contributed by atoms with van der Waals surface area (Å²) < 4.78 is 0.890. The number of hydrogen-bond acceptors (Lipinski definition) is 3. The van der Waals surface area contributed by atoms with E-state index >= 15 is 0 Å². The van der Waals surface area contributed by atoms with E-state index < -0.39 is 0 Å². The van der Waals surface area contributed by atoms with Crippen molar-refractivity contribution in [3.05, 3.63) is 21.3 Å². The number of thiophene rings is 1. The van der Waals surface area contributed by atoms with Crippen molar-refractivity contribution < 1.29 is 0 Å². The van der Waals surface area contributed by atoms with Gasteiger partial charge in [0.1, 0.15) is 0 Å². The molecule has 2 heterocycles. The van der Waals surface area contributed by atoms with E-state index in [-0.39, 0.29) is 0 Å². The van der Waals surface area contributed by atoms with Gasteiger partial charge in [0.05, 0.1) is 4.34 Å². The first-order valence-electron chi connectivity index (χ1n) is 5.37. The van der Waals surface area contributed by atoms with Gasteiger partial charge in [0.2, 0.25) is 0 Å². The molecule has 1 aliphatic heterocycles. The summed E-state index contributed by atoms with van der Waals surface area (Å²) in [6.45, 7) is 2.14. The zero-order valence-corrected chi connectivity index (χ0v) is 11.1. The molecule has 84 valence electrons. The first kappa shape index (κ1) is 11.8. The molecule has 1 N–H and O–H groups in total. The smallest absolute Gasteiger partial charge is 0.0931 e. The molecule has 1 aromatic rings. The van der Waals surface area contributed by atoms with Crippen LogP contribution in [0.5, 0.6) is 0 Å². The van der Waals surface area contributed by atoms with Crippen LogP contribution in [-0.4, -0.2) is 18.1 Å². The Balaban J connectivity index is 1.65. The van der Waals surface area contributed by atoms with Gasteiger partial charge in [0, 0.05) is 11.4 Å². The Morgan fingerprint density at radius 1 is 1.33 bits per heavy atom. The molecule has 15 heavy (non-hydrogen) atoms. The molecule has 0 aliphatic carbocycles. The van der Waals surface area contributed by atoms with Gasteiger partial charge in [-0.25, -0.2) is 0 Å². The third-order valence-corrected chi connectivity index (χ3v) is 4.98. The van der Waals surface area contributed by atoms with Crippen LogP contribution in [-0.2, 0) is 6.54 Å². The number of hydrogen-bond donors (Lipinski definition) is 1. The molecule has 0 saturated carbocycles. The lowest BCUT2D eigenvalue weighted by Crippen LogP contribution is -2.25. The molecule has 0 atom stereocenters. The first-order chi connectivity index (χ1) is 7.34. The zero-order chi connectivity index (χ0) is 10.5. The second-order valence-electron chi connectivity index (χ2n) is 3.89. The Kier molecular flexibility index (Phi) is 4.82. The van der Waals surface area contributed by atoms with Gasteiger partial charge in [-0.2, -0.15) is 11.8 Å². The third-order valence-electron chi connectivity index (χ3n) is 2.70. The normalized spacial score (nSPS) is 18.2. The lowest BCUT2D eigenvalue weighted by molar-refractivity contribution is 0.449. The van der Waals surface area contributed by atoms with Crippen LogP contribution in [0.15, 0.2) is 12.1 Å². The quantitative estimate of drug-likeness (QED) is 0.888. The summed E-state index contributed by atoms with van der Waals surface area (Å²) in [5.41, 5.74) is 0. The largest absolute Gasteiger partial charge is 0.312 e. The van der Waals surface area contributed by atoms with E-state index in [1.807, 2.05) is 6.07 Å². The van der Waals surface area contributed by atoms with Crippen molar-refractivity contribution in [3.63, 3.8) is 0 Å². The van der Waals surface area contributed by atoms with Crippen molar-refractivity contribution in [2.75, 3.05) is 18.1 Å². The molecule has 0 amide bonds. The molecule has 1 fully saturated rings. The fraction of sp³-hybridized carbons (Fsp3) is 0.636. The van der Waals surface area contributed by atoms with Crippen molar-refractivity contribution in [3.8, 4) is 0 Å². The van der Waals surface area contributed by atoms with E-state index in [1.165, 1.54) is 29.2 Å². The van der Waals surface area contributed by atoms with Crippen molar-refractivity contribution in [2.45, 2.75) is 19.4 Å². The Hall–Kier alpha value is 0.300. The average molecular weight is 262 g/mol. The molecule has 1 aliphatic rings. The Bertz CT molecular complexity index is 295. The molecule has 0 bridgehead atoms. The number of rotatable bonds is 4. The summed E-state index contributed by atoms with van der Waals surface area (Å²) in [4.78, 5) is 1.34. The maximum Gasteiger partial charge on any atom is 0.0931 e. The summed E-state index contributed by atoms with van der Waals surface area (Å²) in [6.07, 6.45) is 2.76. The van der Waals surface area contributed by atoms with Gasteiger partial charge >= 0.3 is 0 Å². The van der Waals surface area contributed by atoms with E-state index in [0.29, 0.717) is 0 Å². The van der Waals surface area contributed by atoms with Gasteiger partial charge in [-0.05, 0) is 48.9 Å². The standard InChI is InChI=1S/C11H16ClNS2/c12-11-2-1-10(15-11)8-13-7-9-3-5-14-6-4-9/h1-2,9,13H,3-8H2. The lowest BCUT2D eigenvalue weighted by Gasteiger charge is -2.21. The highest BCUT2D eigenvalue weighted by Gasteiger charge is 2.12. The van der Waals surface area contributed by atoms with Crippen molar-refractivity contribution in [1.29, 1.82) is 0 Å². The summed E-state index contributed by atoms with van der Waals surface area (Å²) >= 11 is 9.64. The minimum absolute atomic E-state index is 0.890. The first-order valence-corrected chi connectivity index (χ1v) is 7.72. The predicted octanol–water partition coefficient (Wildman–Crippen LogP) is 3.63. The van der Waals surface area contributed by atoms with Gasteiger partial charge in [-0.1, -0.05) is 11.6 Å². The highest BCUT2D eigenvalue weighted by molar-refractivity contribution is 7.99. The Labute approximate surface area is 105 Å². The van der Waals surface area contributed by atoms with Gasteiger partial charge < -0.3 is 5.32 Å². The number of thioether (sulfide) groups is 1. The molecular formula is C11H16ClNS2. The molecule has 0 aromatic carbocycles. The van der Waals surface area contributed by atoms with E-state index in [9.17, 15) is 0 Å². The van der Waals surface area contributed by atoms with Crippen LogP contribution in [0, 0.1) is 5.92 Å². The number of nitrogens with one attached hydrogen (secondary N) is 1. The van der Waals surface area contributed by atoms with Crippen molar-refractivity contribution in [2.24, 2.45) is 5.92 Å². The van der Waals surface area contributed by atoms with E-state index in [2.05, 4.69) is 23.1 Å². The van der Waals surface area contributed by atoms with Crippen LogP contribution in [0.3, 0.4) is 0 Å². The highest BCUT2D eigenvalue weighted by atomic mass is 35.5. The second kappa shape index (κ2) is 6.14. The second-order valence-corrected chi connectivity index (χ2v) is 6.92. The minimum Gasteiger partial charge on any atom is -0.312 e. The molecule has 2 rings (SSSR count). The highest BCUT2D eigenvalue weighted by Crippen LogP contribution is 2.23. The van der Waals surface area contributed by atoms with Crippen LogP contribution in [0.2, 0.25) is 4.34 Å². The Morgan fingerprint density at radius 2 is 2.13 bits per heavy atom. The zero-order valence-electron chi connectivity index (χ0n) is 8.67. The maximum absolute atomic E-state index is 5.88. The van der Waals surface area contributed by atoms with Gasteiger partial charge in [0.25, 0.3) is 0 Å². The van der Waals surface area contributed by atoms with E-state index in [1.54, 1.807) is 11.3 Å². The fourth-order valence-electron chi connectivity index (χ4n) is 1.80. The van der Waals surface area contributed by atoms with Crippen LogP contribution < -0.4 is 5.32 Å². The summed E-state index contributed by atoms with van der Waals surface area (Å²) in [7, 11) is 0. The topological polar surface area (TPSA) is 12.0 Å².